The van der Waals surface area contributed by atoms with E-state index in [4.69, 9.17) is 4.74 Å². The van der Waals surface area contributed by atoms with E-state index in [9.17, 15) is 4.39 Å². The number of pyridine rings is 1. The normalized spacial score (nSPS) is 10.7. The lowest BCUT2D eigenvalue weighted by Crippen LogP contribution is -1.98. The van der Waals surface area contributed by atoms with E-state index in [1.807, 2.05) is 36.4 Å². The molecule has 0 N–H and O–H groups in total. The van der Waals surface area contributed by atoms with E-state index < -0.39 is 0 Å². The van der Waals surface area contributed by atoms with Crippen LogP contribution in [0, 0.1) is 5.82 Å². The van der Waals surface area contributed by atoms with Crippen LogP contribution in [0.2, 0.25) is 0 Å². The second-order valence-electron chi connectivity index (χ2n) is 4.36. The van der Waals surface area contributed by atoms with Crippen LogP contribution in [-0.4, -0.2) is 4.98 Å². The number of hydrogen-bond acceptors (Lipinski definition) is 2. The minimum atomic E-state index is -0.339. The molecule has 0 atom stereocenters. The van der Waals surface area contributed by atoms with Crippen molar-refractivity contribution in [3.8, 4) is 5.75 Å². The molecule has 2 nitrogen and oxygen atoms in total. The first kappa shape index (κ1) is 13.1. The number of benzene rings is 2. The molecule has 0 saturated carbocycles. The third kappa shape index (κ3) is 2.80. The highest BCUT2D eigenvalue weighted by Gasteiger charge is 2.03. The molecule has 0 radical (unpaired) electrons. The average Bonchev–Trinajstić information content (AvgIpc) is 2.48. The quantitative estimate of drug-likeness (QED) is 0.693. The van der Waals surface area contributed by atoms with E-state index in [0.717, 1.165) is 16.6 Å². The van der Waals surface area contributed by atoms with Gasteiger partial charge in [0.15, 0.2) is 0 Å². The lowest BCUT2D eigenvalue weighted by Gasteiger charge is -2.07. The Bertz CT molecular complexity index is 760. The van der Waals surface area contributed by atoms with Gasteiger partial charge in [-0.25, -0.2) is 9.37 Å². The number of ether oxygens (including phenoxy) is 1. The summed E-state index contributed by atoms with van der Waals surface area (Å²) in [6.45, 7) is 0.311. The minimum absolute atomic E-state index is 0.311. The fourth-order valence-corrected chi connectivity index (χ4v) is 2.16. The Morgan fingerprint density at radius 3 is 2.75 bits per heavy atom. The summed E-state index contributed by atoms with van der Waals surface area (Å²) in [4.78, 5) is 4.50. The van der Waals surface area contributed by atoms with Crippen LogP contribution in [0.15, 0.2) is 59.1 Å². The molecule has 0 amide bonds. The molecule has 0 unspecified atom stereocenters. The summed E-state index contributed by atoms with van der Waals surface area (Å²) in [5, 5.41) is 1.09. The average molecular weight is 332 g/mol. The van der Waals surface area contributed by atoms with Gasteiger partial charge in [-0.2, -0.15) is 0 Å². The molecule has 1 heterocycles. The van der Waals surface area contributed by atoms with Crippen LogP contribution in [0.5, 0.6) is 5.75 Å². The Morgan fingerprint density at radius 1 is 1.05 bits per heavy atom. The molecule has 2 aromatic carbocycles. The zero-order valence-corrected chi connectivity index (χ0v) is 12.1. The summed E-state index contributed by atoms with van der Waals surface area (Å²) >= 11 is 3.11. The highest BCUT2D eigenvalue weighted by molar-refractivity contribution is 9.10. The fourth-order valence-electron chi connectivity index (χ4n) is 1.91. The number of nitrogens with zero attached hydrogens (tertiary/aromatic N) is 1. The molecule has 4 heteroatoms. The topological polar surface area (TPSA) is 22.1 Å². The van der Waals surface area contributed by atoms with E-state index in [1.165, 1.54) is 6.07 Å². The van der Waals surface area contributed by atoms with Gasteiger partial charge in [-0.05, 0) is 40.2 Å². The van der Waals surface area contributed by atoms with Gasteiger partial charge in [0.2, 0.25) is 0 Å². The fraction of sp³-hybridized carbons (Fsp3) is 0.0625. The predicted molar refractivity (Wildman–Crippen MR) is 80.2 cm³/mol. The molecule has 0 aliphatic heterocycles. The van der Waals surface area contributed by atoms with Gasteiger partial charge in [-0.3, -0.25) is 0 Å². The van der Waals surface area contributed by atoms with Crippen LogP contribution < -0.4 is 4.74 Å². The zero-order chi connectivity index (χ0) is 13.9. The van der Waals surface area contributed by atoms with E-state index in [0.29, 0.717) is 16.8 Å². The van der Waals surface area contributed by atoms with Gasteiger partial charge >= 0.3 is 0 Å². The minimum Gasteiger partial charge on any atom is -0.487 e. The Kier molecular flexibility index (Phi) is 3.65. The van der Waals surface area contributed by atoms with Crippen LogP contribution in [0.1, 0.15) is 5.69 Å². The van der Waals surface area contributed by atoms with Crippen LogP contribution >= 0.6 is 15.9 Å². The Balaban J connectivity index is 1.77. The smallest absolute Gasteiger partial charge is 0.141 e. The zero-order valence-electron chi connectivity index (χ0n) is 10.5. The summed E-state index contributed by atoms with van der Waals surface area (Å²) < 4.78 is 19.3. The molecule has 3 rings (SSSR count). The highest BCUT2D eigenvalue weighted by atomic mass is 79.9. The maximum atomic E-state index is 13.4. The monoisotopic (exact) mass is 331 g/mol. The van der Waals surface area contributed by atoms with Crippen LogP contribution in [-0.2, 0) is 6.61 Å². The van der Waals surface area contributed by atoms with Gasteiger partial charge < -0.3 is 4.74 Å². The number of hydrogen-bond donors (Lipinski definition) is 0. The second kappa shape index (κ2) is 5.59. The summed E-state index contributed by atoms with van der Waals surface area (Å²) in [6, 6.07) is 16.5. The lowest BCUT2D eigenvalue weighted by atomic mass is 10.2. The van der Waals surface area contributed by atoms with Gasteiger partial charge in [0.1, 0.15) is 18.2 Å². The van der Waals surface area contributed by atoms with Crippen molar-refractivity contribution in [1.29, 1.82) is 0 Å². The van der Waals surface area contributed by atoms with Crippen molar-refractivity contribution in [2.24, 2.45) is 0 Å². The molecule has 0 fully saturated rings. The van der Waals surface area contributed by atoms with Gasteiger partial charge in [0.25, 0.3) is 0 Å². The predicted octanol–water partition coefficient (Wildman–Crippen LogP) is 4.72. The maximum Gasteiger partial charge on any atom is 0.141 e. The van der Waals surface area contributed by atoms with Gasteiger partial charge in [-0.1, -0.05) is 24.3 Å². The van der Waals surface area contributed by atoms with Crippen molar-refractivity contribution >= 4 is 26.8 Å². The van der Waals surface area contributed by atoms with E-state index in [-0.39, 0.29) is 5.82 Å². The molecule has 0 saturated heterocycles. The number of para-hydroxylation sites is 1. The Hall–Kier alpha value is -1.94. The molecule has 20 heavy (non-hydrogen) atoms. The van der Waals surface area contributed by atoms with Crippen molar-refractivity contribution in [1.82, 2.24) is 4.98 Å². The number of halogens is 2. The van der Waals surface area contributed by atoms with Crippen LogP contribution in [0.3, 0.4) is 0 Å². The van der Waals surface area contributed by atoms with Crippen LogP contribution in [0.4, 0.5) is 4.39 Å². The van der Waals surface area contributed by atoms with Gasteiger partial charge in [0, 0.05) is 11.5 Å². The number of rotatable bonds is 3. The number of aromatic nitrogens is 1. The van der Waals surface area contributed by atoms with Crippen molar-refractivity contribution in [3.05, 3.63) is 70.6 Å². The molecule has 100 valence electrons. The van der Waals surface area contributed by atoms with E-state index in [2.05, 4.69) is 20.9 Å². The van der Waals surface area contributed by atoms with Gasteiger partial charge in [-0.15, -0.1) is 0 Å². The maximum absolute atomic E-state index is 13.4. The Labute approximate surface area is 124 Å². The van der Waals surface area contributed by atoms with E-state index >= 15 is 0 Å². The molecular formula is C16H11BrFNO. The van der Waals surface area contributed by atoms with Crippen molar-refractivity contribution < 1.29 is 9.13 Å². The first-order chi connectivity index (χ1) is 9.72. The standard InChI is InChI=1S/C16H11BrFNO/c17-14-8-7-13(9-15(14)18)20-10-12-6-5-11-3-1-2-4-16(11)19-12/h1-9H,10H2. The molecule has 3 aromatic rings. The molecule has 1 aromatic heterocycles. The first-order valence-electron chi connectivity index (χ1n) is 6.15. The van der Waals surface area contributed by atoms with E-state index in [1.54, 1.807) is 12.1 Å². The van der Waals surface area contributed by atoms with Crippen molar-refractivity contribution in [2.75, 3.05) is 0 Å². The lowest BCUT2D eigenvalue weighted by molar-refractivity contribution is 0.300. The summed E-state index contributed by atoms with van der Waals surface area (Å²) in [5.74, 6) is 0.148. The summed E-state index contributed by atoms with van der Waals surface area (Å²) in [6.07, 6.45) is 0. The molecule has 0 aliphatic rings. The number of fused-ring (bicyclic) bond motifs is 1. The van der Waals surface area contributed by atoms with Crippen molar-refractivity contribution in [3.63, 3.8) is 0 Å². The SMILES string of the molecule is Fc1cc(OCc2ccc3ccccc3n2)ccc1Br. The third-order valence-electron chi connectivity index (χ3n) is 2.93. The third-order valence-corrected chi connectivity index (χ3v) is 3.58. The molecular weight excluding hydrogens is 321 g/mol. The summed E-state index contributed by atoms with van der Waals surface area (Å²) in [5.41, 5.74) is 1.74. The summed E-state index contributed by atoms with van der Waals surface area (Å²) in [7, 11) is 0. The second-order valence-corrected chi connectivity index (χ2v) is 5.21. The largest absolute Gasteiger partial charge is 0.487 e. The van der Waals surface area contributed by atoms with Crippen LogP contribution in [0.25, 0.3) is 10.9 Å². The molecule has 0 spiro atoms. The van der Waals surface area contributed by atoms with Crippen molar-refractivity contribution in [2.45, 2.75) is 6.61 Å². The first-order valence-corrected chi connectivity index (χ1v) is 6.94. The molecule has 0 bridgehead atoms. The Morgan fingerprint density at radius 2 is 1.90 bits per heavy atom. The molecule has 0 aliphatic carbocycles. The van der Waals surface area contributed by atoms with Gasteiger partial charge in [0.05, 0.1) is 15.7 Å². The highest BCUT2D eigenvalue weighted by Crippen LogP contribution is 2.21.